The van der Waals surface area contributed by atoms with Crippen LogP contribution in [-0.2, 0) is 27.4 Å². The summed E-state index contributed by atoms with van der Waals surface area (Å²) >= 11 is 0. The van der Waals surface area contributed by atoms with Crippen molar-refractivity contribution < 1.29 is 19.4 Å². The second kappa shape index (κ2) is 6.95. The highest BCUT2D eigenvalue weighted by Crippen LogP contribution is 2.28. The third-order valence-electron chi connectivity index (χ3n) is 4.39. The van der Waals surface area contributed by atoms with Crippen LogP contribution in [0.1, 0.15) is 23.6 Å². The molecule has 0 spiro atoms. The number of aromatic nitrogens is 3. The first-order valence-corrected chi connectivity index (χ1v) is 8.15. The Morgan fingerprint density at radius 2 is 1.92 bits per heavy atom. The molecule has 2 aromatic carbocycles. The van der Waals surface area contributed by atoms with E-state index in [4.69, 9.17) is 4.74 Å². The topological polar surface area (TPSA) is 105 Å². The highest BCUT2D eigenvalue weighted by molar-refractivity contribution is 5.99. The van der Waals surface area contributed by atoms with Crippen LogP contribution in [0.25, 0.3) is 11.0 Å². The summed E-state index contributed by atoms with van der Waals surface area (Å²) in [4.78, 5) is 24.4. The molecular formula is C19H19N3O4. The van der Waals surface area contributed by atoms with Crippen LogP contribution < -0.4 is 0 Å². The highest BCUT2D eigenvalue weighted by Gasteiger charge is 2.43. The summed E-state index contributed by atoms with van der Waals surface area (Å²) in [6.07, 6.45) is -0.000400. The molecule has 3 rings (SSSR count). The molecule has 26 heavy (non-hydrogen) atoms. The molecule has 1 heterocycles. The molecule has 0 saturated carbocycles. The molecule has 0 bridgehead atoms. The zero-order valence-electron chi connectivity index (χ0n) is 14.5. The van der Waals surface area contributed by atoms with Gasteiger partial charge >= 0.3 is 11.9 Å². The molecule has 0 aliphatic carbocycles. The minimum Gasteiger partial charge on any atom is -0.480 e. The molecule has 0 saturated heterocycles. The van der Waals surface area contributed by atoms with Crippen molar-refractivity contribution in [3.05, 3.63) is 59.2 Å². The molecule has 2 N–H and O–H groups in total. The van der Waals surface area contributed by atoms with E-state index in [1.54, 1.807) is 6.07 Å². The standard InChI is InChI=1S/C19H19N3O4/c1-12-8-14(9-15-16(12)21-22-20-15)10-19(2,17(23)24)18(25)26-11-13-6-4-3-5-7-13/h3-9H,10-11H2,1-2H3,(H,23,24)(H,20,21,22)/t19-/m1/s1. The zero-order chi connectivity index (χ0) is 18.7. The van der Waals surface area contributed by atoms with Crippen molar-refractivity contribution in [3.8, 4) is 0 Å². The van der Waals surface area contributed by atoms with Crippen molar-refractivity contribution in [3.63, 3.8) is 0 Å². The monoisotopic (exact) mass is 353 g/mol. The van der Waals surface area contributed by atoms with Gasteiger partial charge in [-0.25, -0.2) is 0 Å². The summed E-state index contributed by atoms with van der Waals surface area (Å²) in [5.41, 5.74) is 2.09. The van der Waals surface area contributed by atoms with E-state index in [0.717, 1.165) is 16.6 Å². The van der Waals surface area contributed by atoms with Crippen LogP contribution in [0.3, 0.4) is 0 Å². The number of carbonyl (C=O) groups excluding carboxylic acids is 1. The van der Waals surface area contributed by atoms with E-state index in [9.17, 15) is 14.7 Å². The summed E-state index contributed by atoms with van der Waals surface area (Å²) in [6.45, 7) is 3.28. The molecule has 0 aliphatic rings. The maximum atomic E-state index is 12.5. The quantitative estimate of drug-likeness (QED) is 0.521. The number of esters is 1. The number of carboxylic acids is 1. The Hall–Kier alpha value is -3.22. The van der Waals surface area contributed by atoms with Gasteiger partial charge in [-0.15, -0.1) is 5.10 Å². The number of hydrogen-bond acceptors (Lipinski definition) is 5. The molecule has 7 heteroatoms. The highest BCUT2D eigenvalue weighted by atomic mass is 16.5. The number of fused-ring (bicyclic) bond motifs is 1. The Labute approximate surface area is 150 Å². The Morgan fingerprint density at radius 1 is 1.19 bits per heavy atom. The molecule has 0 amide bonds. The van der Waals surface area contributed by atoms with Crippen molar-refractivity contribution in [1.82, 2.24) is 15.4 Å². The minimum atomic E-state index is -1.70. The number of H-pyrrole nitrogens is 1. The normalized spacial score (nSPS) is 13.3. The Bertz CT molecular complexity index is 952. The van der Waals surface area contributed by atoms with Gasteiger partial charge in [0.25, 0.3) is 0 Å². The fourth-order valence-corrected chi connectivity index (χ4v) is 2.82. The number of nitrogens with zero attached hydrogens (tertiary/aromatic N) is 2. The second-order valence-corrected chi connectivity index (χ2v) is 6.49. The average Bonchev–Trinajstić information content (AvgIpc) is 3.09. The van der Waals surface area contributed by atoms with E-state index < -0.39 is 17.4 Å². The van der Waals surface area contributed by atoms with Gasteiger partial charge in [0.05, 0.1) is 5.52 Å². The third-order valence-corrected chi connectivity index (χ3v) is 4.39. The largest absolute Gasteiger partial charge is 0.480 e. The summed E-state index contributed by atoms with van der Waals surface area (Å²) in [6, 6.07) is 12.7. The summed E-state index contributed by atoms with van der Waals surface area (Å²) in [5, 5.41) is 20.2. The van der Waals surface area contributed by atoms with Crippen LogP contribution in [0.5, 0.6) is 0 Å². The molecule has 3 aromatic rings. The summed E-state index contributed by atoms with van der Waals surface area (Å²) in [7, 11) is 0. The molecule has 134 valence electrons. The number of aryl methyl sites for hydroxylation is 1. The first-order valence-electron chi connectivity index (χ1n) is 8.15. The number of carbonyl (C=O) groups is 2. The van der Waals surface area contributed by atoms with Crippen molar-refractivity contribution >= 4 is 23.0 Å². The van der Waals surface area contributed by atoms with Gasteiger partial charge in [-0.3, -0.25) is 14.7 Å². The van der Waals surface area contributed by atoms with Crippen LogP contribution in [0, 0.1) is 12.3 Å². The van der Waals surface area contributed by atoms with Gasteiger partial charge in [0.15, 0.2) is 5.41 Å². The maximum absolute atomic E-state index is 12.5. The first-order chi connectivity index (χ1) is 12.4. The SMILES string of the molecule is Cc1cc(C[C@](C)(C(=O)O)C(=O)OCc2ccccc2)cc2nn[nH]c12. The van der Waals surface area contributed by atoms with Gasteiger partial charge < -0.3 is 9.84 Å². The lowest BCUT2D eigenvalue weighted by Gasteiger charge is -2.23. The number of aliphatic carboxylic acids is 1. The first kappa shape index (κ1) is 17.6. The lowest BCUT2D eigenvalue weighted by molar-refractivity contribution is -0.168. The Balaban J connectivity index is 1.81. The molecule has 7 nitrogen and oxygen atoms in total. The predicted molar refractivity (Wildman–Crippen MR) is 94.3 cm³/mol. The number of rotatable bonds is 6. The van der Waals surface area contributed by atoms with E-state index in [2.05, 4.69) is 15.4 Å². The molecule has 0 fully saturated rings. The van der Waals surface area contributed by atoms with Gasteiger partial charge in [0.2, 0.25) is 0 Å². The van der Waals surface area contributed by atoms with E-state index in [-0.39, 0.29) is 13.0 Å². The van der Waals surface area contributed by atoms with Crippen molar-refractivity contribution in [2.45, 2.75) is 26.9 Å². The van der Waals surface area contributed by atoms with Crippen LogP contribution in [0.4, 0.5) is 0 Å². The van der Waals surface area contributed by atoms with Crippen molar-refractivity contribution in [1.29, 1.82) is 0 Å². The fourth-order valence-electron chi connectivity index (χ4n) is 2.82. The molecule has 0 unspecified atom stereocenters. The fraction of sp³-hybridized carbons (Fsp3) is 0.263. The van der Waals surface area contributed by atoms with E-state index in [0.29, 0.717) is 11.1 Å². The molecule has 1 aromatic heterocycles. The Kier molecular flexibility index (Phi) is 4.71. The van der Waals surface area contributed by atoms with Gasteiger partial charge in [-0.05, 0) is 43.0 Å². The van der Waals surface area contributed by atoms with Gasteiger partial charge in [0.1, 0.15) is 12.1 Å². The lowest BCUT2D eigenvalue weighted by atomic mass is 9.83. The molecule has 0 aliphatic heterocycles. The smallest absolute Gasteiger partial charge is 0.323 e. The minimum absolute atomic E-state index is 0.000400. The Morgan fingerprint density at radius 3 is 2.62 bits per heavy atom. The van der Waals surface area contributed by atoms with Crippen LogP contribution >= 0.6 is 0 Å². The zero-order valence-corrected chi connectivity index (χ0v) is 14.5. The predicted octanol–water partition coefficient (Wildman–Crippen LogP) is 2.64. The number of nitrogens with one attached hydrogen (secondary N) is 1. The van der Waals surface area contributed by atoms with E-state index >= 15 is 0 Å². The van der Waals surface area contributed by atoms with Crippen molar-refractivity contribution in [2.75, 3.05) is 0 Å². The summed E-state index contributed by atoms with van der Waals surface area (Å²) in [5.74, 6) is -2.00. The third kappa shape index (κ3) is 3.42. The van der Waals surface area contributed by atoms with Crippen LogP contribution in [0.15, 0.2) is 42.5 Å². The number of ether oxygens (including phenoxy) is 1. The number of hydrogen-bond donors (Lipinski definition) is 2. The number of carboxylic acid groups (broad SMARTS) is 1. The van der Waals surface area contributed by atoms with E-state index in [1.165, 1.54) is 6.92 Å². The van der Waals surface area contributed by atoms with Gasteiger partial charge in [-0.1, -0.05) is 41.6 Å². The van der Waals surface area contributed by atoms with Crippen molar-refractivity contribution in [2.24, 2.45) is 5.41 Å². The molecular weight excluding hydrogens is 334 g/mol. The number of aromatic amines is 1. The van der Waals surface area contributed by atoms with Crippen LogP contribution in [-0.4, -0.2) is 32.5 Å². The average molecular weight is 353 g/mol. The second-order valence-electron chi connectivity index (χ2n) is 6.49. The van der Waals surface area contributed by atoms with Gasteiger partial charge in [0, 0.05) is 0 Å². The van der Waals surface area contributed by atoms with Crippen LogP contribution in [0.2, 0.25) is 0 Å². The summed E-state index contributed by atoms with van der Waals surface area (Å²) < 4.78 is 5.28. The maximum Gasteiger partial charge on any atom is 0.323 e. The molecule has 0 radical (unpaired) electrons. The lowest BCUT2D eigenvalue weighted by Crippen LogP contribution is -2.39. The van der Waals surface area contributed by atoms with Gasteiger partial charge in [-0.2, -0.15) is 0 Å². The molecule has 1 atom stereocenters. The van der Waals surface area contributed by atoms with E-state index in [1.807, 2.05) is 43.3 Å². The number of benzene rings is 2.